The molecule has 4 heteroatoms. The van der Waals surface area contributed by atoms with Gasteiger partial charge in [0.1, 0.15) is 11.2 Å². The fourth-order valence-electron chi connectivity index (χ4n) is 10.4. The second-order valence-electron chi connectivity index (χ2n) is 15.3. The first-order chi connectivity index (χ1) is 26.8. The third kappa shape index (κ3) is 3.27. The summed E-state index contributed by atoms with van der Waals surface area (Å²) in [5.41, 5.74) is 15.8. The number of para-hydroxylation sites is 3. The van der Waals surface area contributed by atoms with E-state index in [1.165, 1.54) is 98.5 Å². The van der Waals surface area contributed by atoms with E-state index in [1.807, 2.05) is 6.07 Å². The number of hydrogen-bond donors (Lipinski definition) is 0. The van der Waals surface area contributed by atoms with E-state index < -0.39 is 0 Å². The molecule has 54 heavy (non-hydrogen) atoms. The van der Waals surface area contributed by atoms with Crippen molar-refractivity contribution in [3.63, 3.8) is 0 Å². The van der Waals surface area contributed by atoms with Crippen molar-refractivity contribution in [2.75, 3.05) is 0 Å². The number of benzene rings is 9. The summed E-state index contributed by atoms with van der Waals surface area (Å²) >= 11 is 0. The Morgan fingerprint density at radius 2 is 0.889 bits per heavy atom. The highest BCUT2D eigenvalue weighted by Crippen LogP contribution is 2.43. The fourth-order valence-corrected chi connectivity index (χ4v) is 10.4. The van der Waals surface area contributed by atoms with Crippen molar-refractivity contribution < 1.29 is 4.42 Å². The highest BCUT2D eigenvalue weighted by Gasteiger charge is 2.41. The van der Waals surface area contributed by atoms with Crippen molar-refractivity contribution in [3.8, 4) is 22.5 Å². The Balaban J connectivity index is 1.18. The van der Waals surface area contributed by atoms with Gasteiger partial charge in [-0.1, -0.05) is 109 Å². The van der Waals surface area contributed by atoms with E-state index in [4.69, 9.17) is 4.42 Å². The molecule has 3 aromatic heterocycles. The molecule has 2 aliphatic heterocycles. The van der Waals surface area contributed by atoms with Gasteiger partial charge in [0.05, 0.1) is 11.0 Å². The fraction of sp³-hybridized carbons (Fsp3) is 0. The standard InChI is InChI=1S/C50H27BN2O/c1-3-11-30-23-42-38(21-28(30)9-1)36-14-7-16-40-49(36)52(42)44-25-33(32-19-20-35-34-13-5-6-18-46(34)54-47(35)27-32)26-45-48(44)51(40)41-17-8-15-37-39-22-29-10-2-4-12-31(29)24-43(39)53(45)50(37)41/h1-27H. The highest BCUT2D eigenvalue weighted by atomic mass is 16.3. The maximum atomic E-state index is 6.46. The van der Waals surface area contributed by atoms with Crippen LogP contribution in [0, 0.1) is 0 Å². The third-order valence-electron chi connectivity index (χ3n) is 12.6. The topological polar surface area (TPSA) is 23.0 Å². The Kier molecular flexibility index (Phi) is 4.85. The summed E-state index contributed by atoms with van der Waals surface area (Å²) in [6.45, 7) is 0.0896. The number of aromatic nitrogens is 2. The molecule has 5 heterocycles. The lowest BCUT2D eigenvalue weighted by molar-refractivity contribution is 0.669. The minimum atomic E-state index is 0.0896. The molecule has 0 unspecified atom stereocenters. The summed E-state index contributed by atoms with van der Waals surface area (Å²) in [7, 11) is 0. The summed E-state index contributed by atoms with van der Waals surface area (Å²) in [5.74, 6) is 0. The van der Waals surface area contributed by atoms with Gasteiger partial charge >= 0.3 is 0 Å². The van der Waals surface area contributed by atoms with E-state index in [0.717, 1.165) is 27.5 Å². The normalized spacial score (nSPS) is 13.1. The van der Waals surface area contributed by atoms with E-state index in [1.54, 1.807) is 0 Å². The first-order valence-electron chi connectivity index (χ1n) is 18.8. The van der Waals surface area contributed by atoms with Crippen LogP contribution in [0.3, 0.4) is 0 Å². The molecular weight excluding hydrogens is 655 g/mol. The van der Waals surface area contributed by atoms with Crippen molar-refractivity contribution in [1.82, 2.24) is 9.13 Å². The molecule has 0 radical (unpaired) electrons. The van der Waals surface area contributed by atoms with E-state index in [-0.39, 0.29) is 6.71 Å². The van der Waals surface area contributed by atoms with Crippen LogP contribution >= 0.6 is 0 Å². The van der Waals surface area contributed by atoms with Crippen molar-refractivity contribution in [2.45, 2.75) is 0 Å². The van der Waals surface area contributed by atoms with Crippen LogP contribution in [-0.2, 0) is 0 Å². The molecule has 14 rings (SSSR count). The zero-order chi connectivity index (χ0) is 34.8. The summed E-state index contributed by atoms with van der Waals surface area (Å²) in [6, 6.07) is 61.1. The maximum absolute atomic E-state index is 6.46. The number of fused-ring (bicyclic) bond motifs is 15. The number of rotatable bonds is 1. The monoisotopic (exact) mass is 682 g/mol. The lowest BCUT2D eigenvalue weighted by Gasteiger charge is -2.34. The van der Waals surface area contributed by atoms with Crippen LogP contribution in [0.2, 0.25) is 0 Å². The van der Waals surface area contributed by atoms with Crippen LogP contribution in [0.5, 0.6) is 0 Å². The van der Waals surface area contributed by atoms with Gasteiger partial charge in [0.2, 0.25) is 0 Å². The molecule has 246 valence electrons. The summed E-state index contributed by atoms with van der Waals surface area (Å²) in [4.78, 5) is 0. The van der Waals surface area contributed by atoms with Gasteiger partial charge in [-0.15, -0.1) is 0 Å². The second kappa shape index (κ2) is 9.49. The molecule has 3 nitrogen and oxygen atoms in total. The van der Waals surface area contributed by atoms with Crippen molar-refractivity contribution in [1.29, 1.82) is 0 Å². The molecule has 0 bridgehead atoms. The predicted molar refractivity (Wildman–Crippen MR) is 228 cm³/mol. The summed E-state index contributed by atoms with van der Waals surface area (Å²) in [5, 5.41) is 12.5. The molecule has 0 fully saturated rings. The number of furan rings is 1. The lowest BCUT2D eigenvalue weighted by atomic mass is 9.34. The second-order valence-corrected chi connectivity index (χ2v) is 15.3. The molecule has 0 atom stereocenters. The Morgan fingerprint density at radius 3 is 1.50 bits per heavy atom. The van der Waals surface area contributed by atoms with E-state index in [9.17, 15) is 0 Å². The molecule has 0 N–H and O–H groups in total. The predicted octanol–water partition coefficient (Wildman–Crippen LogP) is 10.9. The first kappa shape index (κ1) is 27.6. The molecular formula is C50H27BN2O. The van der Waals surface area contributed by atoms with E-state index in [0.29, 0.717) is 0 Å². The molecule has 0 spiro atoms. The quantitative estimate of drug-likeness (QED) is 0.158. The van der Waals surface area contributed by atoms with Crippen LogP contribution in [0.1, 0.15) is 0 Å². The van der Waals surface area contributed by atoms with Gasteiger partial charge in [0, 0.05) is 54.7 Å². The van der Waals surface area contributed by atoms with Gasteiger partial charge in [0.15, 0.2) is 0 Å². The van der Waals surface area contributed by atoms with Crippen molar-refractivity contribution in [3.05, 3.63) is 164 Å². The zero-order valence-electron chi connectivity index (χ0n) is 29.0. The summed E-state index contributed by atoms with van der Waals surface area (Å²) < 4.78 is 11.6. The van der Waals surface area contributed by atoms with Crippen molar-refractivity contribution >= 4 is 110 Å². The zero-order valence-corrected chi connectivity index (χ0v) is 29.0. The largest absolute Gasteiger partial charge is 0.456 e. The lowest BCUT2D eigenvalue weighted by Crippen LogP contribution is -2.59. The number of hydrogen-bond acceptors (Lipinski definition) is 1. The van der Waals surface area contributed by atoms with Gasteiger partial charge in [-0.05, 0) is 104 Å². The Hall–Kier alpha value is -7.04. The number of nitrogens with zero attached hydrogens (tertiary/aromatic N) is 2. The minimum Gasteiger partial charge on any atom is -0.456 e. The average Bonchev–Trinajstić information content (AvgIpc) is 3.87. The van der Waals surface area contributed by atoms with Crippen LogP contribution in [0.4, 0.5) is 0 Å². The summed E-state index contributed by atoms with van der Waals surface area (Å²) in [6.07, 6.45) is 0. The molecule has 0 amide bonds. The molecule has 12 aromatic rings. The van der Waals surface area contributed by atoms with Crippen LogP contribution in [0.15, 0.2) is 168 Å². The third-order valence-corrected chi connectivity index (χ3v) is 12.6. The van der Waals surface area contributed by atoms with Gasteiger partial charge in [-0.25, -0.2) is 0 Å². The van der Waals surface area contributed by atoms with Crippen LogP contribution in [-0.4, -0.2) is 15.8 Å². The molecule has 0 aliphatic carbocycles. The maximum Gasteiger partial charge on any atom is 0.252 e. The minimum absolute atomic E-state index is 0.0896. The highest BCUT2D eigenvalue weighted by molar-refractivity contribution is 7.00. The van der Waals surface area contributed by atoms with Crippen LogP contribution < -0.4 is 16.4 Å². The van der Waals surface area contributed by atoms with Gasteiger partial charge in [-0.3, -0.25) is 0 Å². The molecule has 2 aliphatic rings. The van der Waals surface area contributed by atoms with E-state index in [2.05, 4.69) is 167 Å². The Morgan fingerprint density at radius 1 is 0.370 bits per heavy atom. The molecule has 0 saturated carbocycles. The van der Waals surface area contributed by atoms with Gasteiger partial charge in [0.25, 0.3) is 6.71 Å². The Bertz CT molecular complexity index is 3510. The average molecular weight is 683 g/mol. The molecule has 9 aromatic carbocycles. The first-order valence-corrected chi connectivity index (χ1v) is 18.8. The van der Waals surface area contributed by atoms with Crippen LogP contribution in [0.25, 0.3) is 110 Å². The smallest absolute Gasteiger partial charge is 0.252 e. The van der Waals surface area contributed by atoms with Crippen molar-refractivity contribution in [2.24, 2.45) is 0 Å². The Labute approximate surface area is 308 Å². The van der Waals surface area contributed by atoms with Gasteiger partial charge in [-0.2, -0.15) is 0 Å². The molecule has 0 saturated heterocycles. The van der Waals surface area contributed by atoms with Gasteiger partial charge < -0.3 is 13.6 Å². The van der Waals surface area contributed by atoms with E-state index >= 15 is 0 Å². The SMILES string of the molecule is c1ccc2cc3c(cc2c1)c1cccc2c1n3-c1cc(-c3ccc4c(c3)oc3ccccc34)cc3c1B2c1cccc2c4cc5ccccc5cc4n-3c12.